The average Bonchev–Trinajstić information content (AvgIpc) is 2.48. The number of aromatic carboxylic acids is 1. The van der Waals surface area contributed by atoms with Gasteiger partial charge in [-0.15, -0.1) is 0 Å². The van der Waals surface area contributed by atoms with E-state index in [2.05, 4.69) is 0 Å². The molecular weight excluding hydrogens is 284 g/mol. The number of hydrogen-bond acceptors (Lipinski definition) is 3. The molecule has 2 N–H and O–H groups in total. The quantitative estimate of drug-likeness (QED) is 0.887. The van der Waals surface area contributed by atoms with Crippen LogP contribution in [0, 0.1) is 17.6 Å². The molecular formula is C14H15F2NO4. The molecule has 0 saturated carbocycles. The van der Waals surface area contributed by atoms with Gasteiger partial charge in [0.15, 0.2) is 11.6 Å². The monoisotopic (exact) mass is 299 g/mol. The van der Waals surface area contributed by atoms with Crippen LogP contribution in [0.25, 0.3) is 0 Å². The number of carbonyl (C=O) groups is 2. The van der Waals surface area contributed by atoms with Crippen LogP contribution in [0.3, 0.4) is 0 Å². The van der Waals surface area contributed by atoms with Crippen LogP contribution in [-0.4, -0.2) is 46.7 Å². The molecule has 114 valence electrons. The number of benzene rings is 1. The first-order chi connectivity index (χ1) is 9.93. The first-order valence-electron chi connectivity index (χ1n) is 6.56. The summed E-state index contributed by atoms with van der Waals surface area (Å²) in [5, 5.41) is 18.1. The second kappa shape index (κ2) is 6.17. The number of likely N-dealkylation sites (tertiary alicyclic amines) is 1. The molecule has 1 aliphatic heterocycles. The molecule has 5 nitrogen and oxygen atoms in total. The number of carboxylic acid groups (broad SMARTS) is 1. The summed E-state index contributed by atoms with van der Waals surface area (Å²) < 4.78 is 26.4. The van der Waals surface area contributed by atoms with E-state index in [1.54, 1.807) is 0 Å². The molecule has 1 heterocycles. The highest BCUT2D eigenvalue weighted by molar-refractivity contribution is 6.04. The Labute approximate surface area is 119 Å². The summed E-state index contributed by atoms with van der Waals surface area (Å²) in [4.78, 5) is 24.8. The number of amides is 1. The van der Waals surface area contributed by atoms with E-state index in [1.807, 2.05) is 0 Å². The van der Waals surface area contributed by atoms with Crippen molar-refractivity contribution in [1.29, 1.82) is 0 Å². The molecule has 1 amide bonds. The summed E-state index contributed by atoms with van der Waals surface area (Å²) in [6.45, 7) is 0.734. The fourth-order valence-electron chi connectivity index (χ4n) is 2.39. The highest BCUT2D eigenvalue weighted by atomic mass is 19.2. The molecule has 1 fully saturated rings. The predicted octanol–water partition coefficient (Wildman–Crippen LogP) is 1.51. The number of halogens is 2. The Kier molecular flexibility index (Phi) is 4.52. The number of carboxylic acids is 1. The van der Waals surface area contributed by atoms with Gasteiger partial charge in [-0.25, -0.2) is 13.6 Å². The normalized spacial score (nSPS) is 16.0. The second-order valence-electron chi connectivity index (χ2n) is 5.04. The fourth-order valence-corrected chi connectivity index (χ4v) is 2.39. The lowest BCUT2D eigenvalue weighted by Crippen LogP contribution is -2.39. The van der Waals surface area contributed by atoms with E-state index < -0.39 is 29.1 Å². The number of rotatable bonds is 3. The zero-order valence-corrected chi connectivity index (χ0v) is 11.2. The van der Waals surface area contributed by atoms with Crippen LogP contribution in [-0.2, 0) is 0 Å². The minimum absolute atomic E-state index is 0.0353. The zero-order chi connectivity index (χ0) is 15.6. The van der Waals surface area contributed by atoms with Crippen molar-refractivity contribution in [2.45, 2.75) is 12.8 Å². The van der Waals surface area contributed by atoms with Crippen LogP contribution < -0.4 is 0 Å². The minimum atomic E-state index is -1.48. The summed E-state index contributed by atoms with van der Waals surface area (Å²) in [7, 11) is 0. The molecule has 1 aromatic rings. The standard InChI is InChI=1S/C14H15F2NO4/c15-11-5-9(10(14(20)21)6-12(11)16)13(19)17-3-1-8(7-18)2-4-17/h5-6,8,18H,1-4,7H2,(H,20,21). The summed E-state index contributed by atoms with van der Waals surface area (Å²) in [5.74, 6) is -4.57. The third-order valence-corrected chi connectivity index (χ3v) is 3.68. The van der Waals surface area contributed by atoms with Crippen molar-refractivity contribution in [3.63, 3.8) is 0 Å². The molecule has 1 saturated heterocycles. The van der Waals surface area contributed by atoms with Gasteiger partial charge in [0.25, 0.3) is 5.91 Å². The number of hydrogen-bond donors (Lipinski definition) is 2. The lowest BCUT2D eigenvalue weighted by Gasteiger charge is -2.31. The van der Waals surface area contributed by atoms with Gasteiger partial charge in [0.05, 0.1) is 11.1 Å². The Bertz CT molecular complexity index is 568. The smallest absolute Gasteiger partial charge is 0.336 e. The highest BCUT2D eigenvalue weighted by Gasteiger charge is 2.27. The number of piperidine rings is 1. The number of aliphatic hydroxyl groups is 1. The molecule has 0 spiro atoms. The van der Waals surface area contributed by atoms with Crippen molar-refractivity contribution in [2.24, 2.45) is 5.92 Å². The largest absolute Gasteiger partial charge is 0.478 e. The van der Waals surface area contributed by atoms with Gasteiger partial charge in [-0.05, 0) is 30.9 Å². The maximum absolute atomic E-state index is 13.3. The first-order valence-corrected chi connectivity index (χ1v) is 6.56. The van der Waals surface area contributed by atoms with Crippen molar-refractivity contribution < 1.29 is 28.6 Å². The van der Waals surface area contributed by atoms with Gasteiger partial charge in [-0.1, -0.05) is 0 Å². The topological polar surface area (TPSA) is 77.8 Å². The third-order valence-electron chi connectivity index (χ3n) is 3.68. The molecule has 1 aliphatic rings. The Morgan fingerprint density at radius 1 is 1.14 bits per heavy atom. The van der Waals surface area contributed by atoms with Gasteiger partial charge in [0.1, 0.15) is 0 Å². The molecule has 0 aliphatic carbocycles. The molecule has 0 aromatic heterocycles. The van der Waals surface area contributed by atoms with Gasteiger partial charge >= 0.3 is 5.97 Å². The van der Waals surface area contributed by atoms with Gasteiger partial charge < -0.3 is 15.1 Å². The van der Waals surface area contributed by atoms with Crippen LogP contribution in [0.15, 0.2) is 12.1 Å². The predicted molar refractivity (Wildman–Crippen MR) is 69.0 cm³/mol. The Hall–Kier alpha value is -2.02. The summed E-state index contributed by atoms with van der Waals surface area (Å²) in [5.41, 5.74) is -0.910. The summed E-state index contributed by atoms with van der Waals surface area (Å²) in [6, 6.07) is 1.14. The van der Waals surface area contributed by atoms with Crippen LogP contribution in [0.4, 0.5) is 8.78 Å². The van der Waals surface area contributed by atoms with Crippen molar-refractivity contribution >= 4 is 11.9 Å². The SMILES string of the molecule is O=C(O)c1cc(F)c(F)cc1C(=O)N1CCC(CO)CC1. The minimum Gasteiger partial charge on any atom is -0.478 e. The molecule has 2 rings (SSSR count). The van der Waals surface area contributed by atoms with Gasteiger partial charge in [-0.2, -0.15) is 0 Å². The lowest BCUT2D eigenvalue weighted by molar-refractivity contribution is 0.0626. The Morgan fingerprint density at radius 2 is 1.67 bits per heavy atom. The van der Waals surface area contributed by atoms with Gasteiger partial charge in [-0.3, -0.25) is 4.79 Å². The zero-order valence-electron chi connectivity index (χ0n) is 11.2. The van der Waals surface area contributed by atoms with Crippen molar-refractivity contribution in [2.75, 3.05) is 19.7 Å². The van der Waals surface area contributed by atoms with E-state index >= 15 is 0 Å². The van der Waals surface area contributed by atoms with Crippen LogP contribution >= 0.6 is 0 Å². The lowest BCUT2D eigenvalue weighted by atomic mass is 9.96. The molecule has 21 heavy (non-hydrogen) atoms. The van der Waals surface area contributed by atoms with E-state index in [0.29, 0.717) is 38.1 Å². The average molecular weight is 299 g/mol. The number of nitrogens with zero attached hydrogens (tertiary/aromatic N) is 1. The van der Waals surface area contributed by atoms with Crippen LogP contribution in [0.5, 0.6) is 0 Å². The molecule has 1 aromatic carbocycles. The summed E-state index contributed by atoms with van der Waals surface area (Å²) >= 11 is 0. The number of aliphatic hydroxyl groups excluding tert-OH is 1. The van der Waals surface area contributed by atoms with E-state index in [4.69, 9.17) is 10.2 Å². The third kappa shape index (κ3) is 3.18. The fraction of sp³-hybridized carbons (Fsp3) is 0.429. The molecule has 7 heteroatoms. The molecule has 0 radical (unpaired) electrons. The van der Waals surface area contributed by atoms with Crippen molar-refractivity contribution in [1.82, 2.24) is 4.90 Å². The molecule has 0 unspecified atom stereocenters. The highest BCUT2D eigenvalue weighted by Crippen LogP contribution is 2.22. The molecule has 0 bridgehead atoms. The molecule has 0 atom stereocenters. The van der Waals surface area contributed by atoms with E-state index in [9.17, 15) is 18.4 Å². The first kappa shape index (κ1) is 15.4. The van der Waals surface area contributed by atoms with Gasteiger partial charge in [0.2, 0.25) is 0 Å². The van der Waals surface area contributed by atoms with Crippen molar-refractivity contribution in [3.05, 3.63) is 34.9 Å². The van der Waals surface area contributed by atoms with Crippen LogP contribution in [0.1, 0.15) is 33.6 Å². The van der Waals surface area contributed by atoms with Crippen molar-refractivity contribution in [3.8, 4) is 0 Å². The second-order valence-corrected chi connectivity index (χ2v) is 5.04. The Balaban J connectivity index is 2.27. The van der Waals surface area contributed by atoms with E-state index in [0.717, 1.165) is 0 Å². The van der Waals surface area contributed by atoms with Gasteiger partial charge in [0, 0.05) is 19.7 Å². The number of carbonyl (C=O) groups excluding carboxylic acids is 1. The Morgan fingerprint density at radius 3 is 2.14 bits per heavy atom. The summed E-state index contributed by atoms with van der Waals surface area (Å²) in [6.07, 6.45) is 1.18. The van der Waals surface area contributed by atoms with E-state index in [-0.39, 0.29) is 18.1 Å². The maximum Gasteiger partial charge on any atom is 0.336 e. The van der Waals surface area contributed by atoms with Crippen LogP contribution in [0.2, 0.25) is 0 Å². The van der Waals surface area contributed by atoms with E-state index in [1.165, 1.54) is 4.90 Å². The maximum atomic E-state index is 13.3.